The van der Waals surface area contributed by atoms with Gasteiger partial charge in [-0.3, -0.25) is 19.7 Å². The van der Waals surface area contributed by atoms with Gasteiger partial charge in [-0.15, -0.1) is 0 Å². The van der Waals surface area contributed by atoms with Gasteiger partial charge >= 0.3 is 6.18 Å². The Balaban J connectivity index is 1.98. The molecule has 3 rings (SSSR count). The van der Waals surface area contributed by atoms with Gasteiger partial charge in [0.05, 0.1) is 21.6 Å². The van der Waals surface area contributed by atoms with Crippen LogP contribution in [0.3, 0.4) is 0 Å². The third kappa shape index (κ3) is 8.82. The summed E-state index contributed by atoms with van der Waals surface area (Å²) in [7, 11) is -8.50. The number of hydrogen-bond donors (Lipinski definition) is 3. The van der Waals surface area contributed by atoms with E-state index < -0.39 is 83.6 Å². The molecule has 2 aromatic rings. The second-order valence-corrected chi connectivity index (χ2v) is 13.9. The van der Waals surface area contributed by atoms with E-state index in [-0.39, 0.29) is 17.4 Å². The van der Waals surface area contributed by atoms with Crippen LogP contribution >= 0.6 is 0 Å². The van der Waals surface area contributed by atoms with Gasteiger partial charge in [0.2, 0.25) is 11.7 Å². The standard InChI is InChI=1S/C26H29F4N3O7S2/c1-3-20(22(34)25(36)31-17-11-12-17)33-24(35)21(32-23(26(28,29)30)15-7-9-16(27)10-8-15)14-42(39,40)19-6-4-5-18(13-19)41(2,37)38/h4-10,13,17,20-21,23,32H,3,11-12,14H2,1-2H3,(H,31,36)(H,33,35)/t20-,21-,23-/m0/s1. The molecule has 0 aliphatic heterocycles. The lowest BCUT2D eigenvalue weighted by Crippen LogP contribution is -2.56. The molecule has 230 valence electrons. The zero-order valence-electron chi connectivity index (χ0n) is 22.4. The highest BCUT2D eigenvalue weighted by molar-refractivity contribution is 7.92. The van der Waals surface area contributed by atoms with Crippen molar-refractivity contribution >= 4 is 37.3 Å². The maximum atomic E-state index is 14.1. The van der Waals surface area contributed by atoms with E-state index in [1.807, 2.05) is 5.32 Å². The third-order valence-corrected chi connectivity index (χ3v) is 9.23. The number of alkyl halides is 3. The topological polar surface area (TPSA) is 156 Å². The largest absolute Gasteiger partial charge is 0.407 e. The first-order chi connectivity index (χ1) is 19.4. The molecule has 42 heavy (non-hydrogen) atoms. The minimum absolute atomic E-state index is 0.140. The molecule has 0 radical (unpaired) electrons. The van der Waals surface area contributed by atoms with E-state index in [9.17, 15) is 48.8 Å². The number of rotatable bonds is 13. The Labute approximate surface area is 240 Å². The molecule has 1 fully saturated rings. The van der Waals surface area contributed by atoms with Crippen LogP contribution in [0.25, 0.3) is 0 Å². The first kappa shape index (κ1) is 33.1. The van der Waals surface area contributed by atoms with Crippen LogP contribution in [0.1, 0.15) is 37.8 Å². The van der Waals surface area contributed by atoms with Crippen LogP contribution in [0.15, 0.2) is 58.3 Å². The Morgan fingerprint density at radius 2 is 1.55 bits per heavy atom. The lowest BCUT2D eigenvalue weighted by molar-refractivity contribution is -0.160. The van der Waals surface area contributed by atoms with E-state index in [1.54, 1.807) is 0 Å². The van der Waals surface area contributed by atoms with E-state index >= 15 is 0 Å². The minimum Gasteiger partial charge on any atom is -0.347 e. The highest BCUT2D eigenvalue weighted by atomic mass is 32.2. The van der Waals surface area contributed by atoms with Gasteiger partial charge in [0.15, 0.2) is 19.7 Å². The monoisotopic (exact) mass is 635 g/mol. The second-order valence-electron chi connectivity index (χ2n) is 9.86. The van der Waals surface area contributed by atoms with E-state index in [1.165, 1.54) is 6.92 Å². The molecule has 1 saturated carbocycles. The molecule has 1 aliphatic rings. The van der Waals surface area contributed by atoms with Crippen molar-refractivity contribution in [3.63, 3.8) is 0 Å². The molecule has 1 aliphatic carbocycles. The number of halogens is 4. The van der Waals surface area contributed by atoms with Crippen molar-refractivity contribution in [2.45, 2.75) is 66.3 Å². The van der Waals surface area contributed by atoms with Crippen LogP contribution in [0.2, 0.25) is 0 Å². The predicted molar refractivity (Wildman–Crippen MR) is 142 cm³/mol. The Hall–Kier alpha value is -3.37. The van der Waals surface area contributed by atoms with E-state index in [4.69, 9.17) is 0 Å². The quantitative estimate of drug-likeness (QED) is 0.223. The van der Waals surface area contributed by atoms with E-state index in [2.05, 4.69) is 10.6 Å². The first-order valence-corrected chi connectivity index (χ1v) is 16.2. The summed E-state index contributed by atoms with van der Waals surface area (Å²) in [6.07, 6.45) is -3.09. The van der Waals surface area contributed by atoms with Crippen LogP contribution in [0, 0.1) is 5.82 Å². The maximum absolute atomic E-state index is 14.1. The number of sulfone groups is 2. The Morgan fingerprint density at radius 1 is 0.952 bits per heavy atom. The Bertz CT molecular complexity index is 1540. The van der Waals surface area contributed by atoms with Crippen molar-refractivity contribution in [2.24, 2.45) is 0 Å². The first-order valence-electron chi connectivity index (χ1n) is 12.7. The maximum Gasteiger partial charge on any atom is 0.407 e. The van der Waals surface area contributed by atoms with Gasteiger partial charge in [-0.05, 0) is 55.2 Å². The lowest BCUT2D eigenvalue weighted by Gasteiger charge is -2.28. The fraction of sp³-hybridized carbons (Fsp3) is 0.423. The summed E-state index contributed by atoms with van der Waals surface area (Å²) in [5.74, 6) is -5.53. The molecular formula is C26H29F4N3O7S2. The summed E-state index contributed by atoms with van der Waals surface area (Å²) in [4.78, 5) is 37.2. The Morgan fingerprint density at radius 3 is 2.07 bits per heavy atom. The fourth-order valence-corrected chi connectivity index (χ4v) is 6.13. The summed E-state index contributed by atoms with van der Waals surface area (Å²) >= 11 is 0. The molecule has 16 heteroatoms. The van der Waals surface area contributed by atoms with Crippen LogP contribution < -0.4 is 16.0 Å². The highest BCUT2D eigenvalue weighted by Gasteiger charge is 2.44. The van der Waals surface area contributed by atoms with Crippen LogP contribution in [0.5, 0.6) is 0 Å². The van der Waals surface area contributed by atoms with Crippen molar-refractivity contribution in [1.29, 1.82) is 0 Å². The SMILES string of the molecule is CC[C@H](NC(=O)[C@H](CS(=O)(=O)c1cccc(S(C)(=O)=O)c1)N[C@@H](c1ccc(F)cc1)C(F)(F)F)C(=O)C(=O)NC1CC1. The van der Waals surface area contributed by atoms with Crippen molar-refractivity contribution in [3.05, 3.63) is 59.9 Å². The molecule has 2 amide bonds. The number of benzene rings is 2. The van der Waals surface area contributed by atoms with Crippen LogP contribution in [-0.2, 0) is 34.1 Å². The molecule has 0 spiro atoms. The molecule has 0 aromatic heterocycles. The summed E-state index contributed by atoms with van der Waals surface area (Å²) in [6.45, 7) is 1.43. The average Bonchev–Trinajstić information content (AvgIpc) is 3.72. The number of ketones is 1. The fourth-order valence-electron chi connectivity index (χ4n) is 3.92. The number of carbonyl (C=O) groups excluding carboxylic acids is 3. The number of amides is 2. The number of hydrogen-bond acceptors (Lipinski definition) is 8. The van der Waals surface area contributed by atoms with E-state index in [0.29, 0.717) is 12.8 Å². The second kappa shape index (κ2) is 12.9. The summed E-state index contributed by atoms with van der Waals surface area (Å²) in [5.41, 5.74) is -0.537. The molecule has 0 heterocycles. The zero-order chi connectivity index (χ0) is 31.5. The highest BCUT2D eigenvalue weighted by Crippen LogP contribution is 2.33. The molecule has 10 nitrogen and oxygen atoms in total. The molecule has 3 atom stereocenters. The van der Waals surface area contributed by atoms with Crippen molar-refractivity contribution in [3.8, 4) is 0 Å². The van der Waals surface area contributed by atoms with Gasteiger partial charge in [0.1, 0.15) is 17.9 Å². The van der Waals surface area contributed by atoms with Crippen LogP contribution in [0.4, 0.5) is 17.6 Å². The van der Waals surface area contributed by atoms with E-state index in [0.717, 1.165) is 54.8 Å². The van der Waals surface area contributed by atoms with Gasteiger partial charge in [0, 0.05) is 12.3 Å². The van der Waals surface area contributed by atoms with Gasteiger partial charge in [-0.25, -0.2) is 21.2 Å². The van der Waals surface area contributed by atoms with Gasteiger partial charge in [-0.2, -0.15) is 13.2 Å². The minimum atomic E-state index is -5.10. The van der Waals surface area contributed by atoms with Gasteiger partial charge in [-0.1, -0.05) is 25.1 Å². The Kier molecular flexibility index (Phi) is 10.2. The van der Waals surface area contributed by atoms with Crippen molar-refractivity contribution in [1.82, 2.24) is 16.0 Å². The molecule has 0 bridgehead atoms. The molecule has 3 N–H and O–H groups in total. The molecule has 0 saturated heterocycles. The normalized spacial score (nSPS) is 16.2. The van der Waals surface area contributed by atoms with Crippen LogP contribution in [-0.4, -0.2) is 70.7 Å². The molecule has 2 aromatic carbocycles. The zero-order valence-corrected chi connectivity index (χ0v) is 24.1. The van der Waals surface area contributed by atoms with Gasteiger partial charge < -0.3 is 10.6 Å². The summed E-state index contributed by atoms with van der Waals surface area (Å²) in [5, 5.41) is 6.59. The third-order valence-electron chi connectivity index (χ3n) is 6.37. The molecule has 0 unspecified atom stereocenters. The van der Waals surface area contributed by atoms with Crippen molar-refractivity contribution < 1.29 is 48.8 Å². The van der Waals surface area contributed by atoms with Gasteiger partial charge in [0.25, 0.3) is 5.91 Å². The number of Topliss-reactive ketones (excluding diaryl/α,β-unsaturated/α-hetero) is 1. The summed E-state index contributed by atoms with van der Waals surface area (Å²) in [6, 6.07) is 0.685. The molecular weight excluding hydrogens is 606 g/mol. The smallest absolute Gasteiger partial charge is 0.347 e. The lowest BCUT2D eigenvalue weighted by atomic mass is 10.0. The predicted octanol–water partition coefficient (Wildman–Crippen LogP) is 2.01. The number of carbonyl (C=O) groups is 3. The summed E-state index contributed by atoms with van der Waals surface area (Å²) < 4.78 is 106. The van der Waals surface area contributed by atoms with Crippen molar-refractivity contribution in [2.75, 3.05) is 12.0 Å². The average molecular weight is 636 g/mol. The number of nitrogens with one attached hydrogen (secondary N) is 3.